The van der Waals surface area contributed by atoms with Crippen molar-refractivity contribution < 1.29 is 14.3 Å². The highest BCUT2D eigenvalue weighted by molar-refractivity contribution is 6.05. The van der Waals surface area contributed by atoms with Gasteiger partial charge in [0.15, 0.2) is 5.84 Å². The lowest BCUT2D eigenvalue weighted by atomic mass is 10.1. The molecule has 0 aliphatic rings. The molecular weight excluding hydrogens is 360 g/mol. The number of rotatable bonds is 6. The maximum atomic E-state index is 12.0. The molecule has 28 heavy (non-hydrogen) atoms. The number of hydrazone groups is 1. The molecule has 0 atom stereocenters. The summed E-state index contributed by atoms with van der Waals surface area (Å²) in [6.07, 6.45) is 0. The van der Waals surface area contributed by atoms with Crippen molar-refractivity contribution in [2.75, 3.05) is 33.6 Å². The fraction of sp³-hybridized carbons (Fsp3) is 0.211. The van der Waals surface area contributed by atoms with E-state index in [-0.39, 0.29) is 11.7 Å². The zero-order chi connectivity index (χ0) is 20.8. The van der Waals surface area contributed by atoms with Gasteiger partial charge in [-0.2, -0.15) is 0 Å². The molecule has 0 aliphatic carbocycles. The van der Waals surface area contributed by atoms with Gasteiger partial charge in [-0.05, 0) is 42.5 Å². The van der Waals surface area contributed by atoms with E-state index in [0.29, 0.717) is 22.4 Å². The molecule has 0 aliphatic heterocycles. The average molecular weight is 384 g/mol. The third-order valence-corrected chi connectivity index (χ3v) is 3.80. The molecule has 5 N–H and O–H groups in total. The quantitative estimate of drug-likeness (QED) is 0.226. The summed E-state index contributed by atoms with van der Waals surface area (Å²) in [4.78, 5) is 25.4. The molecule has 0 aromatic heterocycles. The Morgan fingerprint density at radius 2 is 1.64 bits per heavy atom. The Morgan fingerprint density at radius 1 is 1.04 bits per heavy atom. The monoisotopic (exact) mass is 384 g/mol. The van der Waals surface area contributed by atoms with Crippen LogP contribution >= 0.6 is 0 Å². The van der Waals surface area contributed by atoms with Crippen molar-refractivity contribution in [2.45, 2.75) is 0 Å². The van der Waals surface area contributed by atoms with Gasteiger partial charge in [0.1, 0.15) is 0 Å². The van der Waals surface area contributed by atoms with E-state index in [2.05, 4.69) is 10.4 Å². The smallest absolute Gasteiger partial charge is 0.337 e. The Labute approximate surface area is 163 Å². The lowest BCUT2D eigenvalue weighted by Crippen LogP contribution is -2.26. The number of hydrogen-bond donors (Lipinski definition) is 3. The molecule has 0 radical (unpaired) electrons. The molecule has 0 fully saturated rings. The first kappa shape index (κ1) is 20.7. The number of nitrogens with two attached hydrogens (primary N) is 2. The van der Waals surface area contributed by atoms with E-state index in [9.17, 15) is 9.59 Å². The van der Waals surface area contributed by atoms with Gasteiger partial charge in [-0.1, -0.05) is 0 Å². The van der Waals surface area contributed by atoms with E-state index in [4.69, 9.17) is 16.3 Å². The molecule has 0 saturated carbocycles. The number of ether oxygens (including phenoxy) is 1. The van der Waals surface area contributed by atoms with Gasteiger partial charge in [0.25, 0.3) is 5.91 Å². The average Bonchev–Trinajstić information content (AvgIpc) is 2.67. The van der Waals surface area contributed by atoms with Crippen molar-refractivity contribution >= 4 is 29.1 Å². The fourth-order valence-corrected chi connectivity index (χ4v) is 2.44. The van der Waals surface area contributed by atoms with Crippen LogP contribution in [0.15, 0.2) is 47.6 Å². The number of hydrazine groups is 1. The van der Waals surface area contributed by atoms with E-state index >= 15 is 0 Å². The van der Waals surface area contributed by atoms with Gasteiger partial charge >= 0.3 is 5.97 Å². The molecule has 0 unspecified atom stereocenters. The molecule has 2 aromatic rings. The van der Waals surface area contributed by atoms with Crippen molar-refractivity contribution in [3.63, 3.8) is 0 Å². The Balaban J connectivity index is 2.39. The second-order valence-electron chi connectivity index (χ2n) is 6.21. The second-order valence-corrected chi connectivity index (χ2v) is 6.21. The molecule has 148 valence electrons. The van der Waals surface area contributed by atoms with Gasteiger partial charge < -0.3 is 20.7 Å². The first-order valence-corrected chi connectivity index (χ1v) is 8.37. The molecule has 0 heterocycles. The molecule has 9 nitrogen and oxygen atoms in total. The SMILES string of the molecule is COC(=O)c1ccc(Nc2ccc(C(=O)N(C)C)cc2)c(/C(N)=N/N(C)N)c1. The van der Waals surface area contributed by atoms with Crippen LogP contribution in [0.5, 0.6) is 0 Å². The number of methoxy groups -OCH3 is 1. The summed E-state index contributed by atoms with van der Waals surface area (Å²) in [5.74, 6) is 5.09. The number of benzene rings is 2. The predicted molar refractivity (Wildman–Crippen MR) is 108 cm³/mol. The Bertz CT molecular complexity index is 891. The number of carbonyl (C=O) groups excluding carboxylic acids is 2. The van der Waals surface area contributed by atoms with Crippen LogP contribution in [0.3, 0.4) is 0 Å². The normalized spacial score (nSPS) is 11.0. The van der Waals surface area contributed by atoms with E-state index in [0.717, 1.165) is 10.8 Å². The summed E-state index contributed by atoms with van der Waals surface area (Å²) in [6.45, 7) is 0. The molecule has 0 saturated heterocycles. The lowest BCUT2D eigenvalue weighted by molar-refractivity contribution is 0.0600. The van der Waals surface area contributed by atoms with Crippen LogP contribution in [0.25, 0.3) is 0 Å². The van der Waals surface area contributed by atoms with Crippen LogP contribution in [0, 0.1) is 0 Å². The number of nitrogens with one attached hydrogen (secondary N) is 1. The number of nitrogens with zero attached hydrogens (tertiary/aromatic N) is 3. The largest absolute Gasteiger partial charge is 0.465 e. The first-order chi connectivity index (χ1) is 13.2. The number of esters is 1. The topological polar surface area (TPSA) is 126 Å². The lowest BCUT2D eigenvalue weighted by Gasteiger charge is -2.15. The van der Waals surface area contributed by atoms with Crippen LogP contribution in [-0.4, -0.2) is 56.0 Å². The summed E-state index contributed by atoms with van der Waals surface area (Å²) >= 11 is 0. The zero-order valence-electron chi connectivity index (χ0n) is 16.3. The van der Waals surface area contributed by atoms with E-state index in [1.807, 2.05) is 0 Å². The summed E-state index contributed by atoms with van der Waals surface area (Å²) in [6, 6.07) is 11.9. The van der Waals surface area contributed by atoms with Crippen LogP contribution in [0.2, 0.25) is 0 Å². The standard InChI is InChI=1S/C19H24N6O3/c1-24(2)18(26)12-5-8-14(9-6-12)22-16-10-7-13(19(27)28-4)11-15(16)17(20)23-25(3)21/h5-11,22H,21H2,1-4H3,(H2,20,23). The zero-order valence-corrected chi connectivity index (χ0v) is 16.3. The molecule has 2 rings (SSSR count). The van der Waals surface area contributed by atoms with Crippen LogP contribution < -0.4 is 16.9 Å². The molecule has 1 amide bonds. The maximum Gasteiger partial charge on any atom is 0.337 e. The Kier molecular flexibility index (Phi) is 6.56. The summed E-state index contributed by atoms with van der Waals surface area (Å²) in [7, 11) is 6.22. The summed E-state index contributed by atoms with van der Waals surface area (Å²) in [5, 5.41) is 8.28. The summed E-state index contributed by atoms with van der Waals surface area (Å²) in [5.41, 5.74) is 8.77. The summed E-state index contributed by atoms with van der Waals surface area (Å²) < 4.78 is 4.75. The van der Waals surface area contributed by atoms with Crippen LogP contribution in [-0.2, 0) is 4.74 Å². The minimum atomic E-state index is -0.492. The van der Waals surface area contributed by atoms with Gasteiger partial charge in [-0.3, -0.25) is 4.79 Å². The van der Waals surface area contributed by atoms with Gasteiger partial charge in [0, 0.05) is 43.6 Å². The van der Waals surface area contributed by atoms with Crippen molar-refractivity contribution in [1.82, 2.24) is 10.0 Å². The Hall–Kier alpha value is -3.59. The minimum absolute atomic E-state index is 0.0861. The van der Waals surface area contributed by atoms with Crippen molar-refractivity contribution in [3.05, 3.63) is 59.2 Å². The van der Waals surface area contributed by atoms with Gasteiger partial charge in [-0.25, -0.2) is 15.8 Å². The molecule has 9 heteroatoms. The number of carbonyl (C=O) groups is 2. The number of hydrogen-bond acceptors (Lipinski definition) is 7. The molecule has 0 bridgehead atoms. The number of amides is 1. The highest BCUT2D eigenvalue weighted by Crippen LogP contribution is 2.23. The second kappa shape index (κ2) is 8.87. The predicted octanol–water partition coefficient (Wildman–Crippen LogP) is 1.34. The van der Waals surface area contributed by atoms with Crippen LogP contribution in [0.1, 0.15) is 26.3 Å². The molecular formula is C19H24N6O3. The van der Waals surface area contributed by atoms with E-state index in [1.54, 1.807) is 56.6 Å². The highest BCUT2D eigenvalue weighted by atomic mass is 16.5. The minimum Gasteiger partial charge on any atom is -0.465 e. The van der Waals surface area contributed by atoms with Gasteiger partial charge in [0.05, 0.1) is 12.7 Å². The maximum absolute atomic E-state index is 12.0. The fourth-order valence-electron chi connectivity index (χ4n) is 2.44. The van der Waals surface area contributed by atoms with Crippen molar-refractivity contribution in [1.29, 1.82) is 0 Å². The van der Waals surface area contributed by atoms with Gasteiger partial charge in [-0.15, -0.1) is 5.10 Å². The van der Waals surface area contributed by atoms with Crippen molar-refractivity contribution in [3.8, 4) is 0 Å². The van der Waals surface area contributed by atoms with Crippen molar-refractivity contribution in [2.24, 2.45) is 16.7 Å². The van der Waals surface area contributed by atoms with Crippen LogP contribution in [0.4, 0.5) is 11.4 Å². The van der Waals surface area contributed by atoms with E-state index < -0.39 is 5.97 Å². The van der Waals surface area contributed by atoms with Gasteiger partial charge in [0.2, 0.25) is 0 Å². The van der Waals surface area contributed by atoms with E-state index in [1.165, 1.54) is 19.1 Å². The highest BCUT2D eigenvalue weighted by Gasteiger charge is 2.14. The molecule has 2 aromatic carbocycles. The third kappa shape index (κ3) is 4.98. The first-order valence-electron chi connectivity index (χ1n) is 8.37. The number of amidine groups is 1. The molecule has 0 spiro atoms. The third-order valence-electron chi connectivity index (χ3n) is 3.80. The Morgan fingerprint density at radius 3 is 2.18 bits per heavy atom. The number of anilines is 2.